The summed E-state index contributed by atoms with van der Waals surface area (Å²) in [6, 6.07) is 9.64. The third-order valence-corrected chi connectivity index (χ3v) is 9.60. The van der Waals surface area contributed by atoms with Crippen LogP contribution >= 0.6 is 0 Å². The molecule has 3 unspecified atom stereocenters. The number of fused-ring (bicyclic) bond motifs is 2. The first-order valence-corrected chi connectivity index (χ1v) is 14.1. The van der Waals surface area contributed by atoms with Gasteiger partial charge in [-0.1, -0.05) is 84.7 Å². The lowest BCUT2D eigenvalue weighted by molar-refractivity contribution is 0.224. The van der Waals surface area contributed by atoms with Crippen molar-refractivity contribution in [1.29, 1.82) is 0 Å². The number of hydrogen-bond donors (Lipinski definition) is 3. The van der Waals surface area contributed by atoms with Gasteiger partial charge in [0.15, 0.2) is 0 Å². The highest BCUT2D eigenvalue weighted by Gasteiger charge is 2.66. The van der Waals surface area contributed by atoms with E-state index in [0.717, 1.165) is 49.7 Å². The zero-order chi connectivity index (χ0) is 27.1. The lowest BCUT2D eigenvalue weighted by atomic mass is 9.83. The zero-order valence-corrected chi connectivity index (χ0v) is 24.2. The summed E-state index contributed by atoms with van der Waals surface area (Å²) in [5, 5.41) is 10.8. The highest BCUT2D eigenvalue weighted by molar-refractivity contribution is 5.35. The van der Waals surface area contributed by atoms with E-state index in [9.17, 15) is 0 Å². The molecule has 0 aromatic heterocycles. The fraction of sp³-hybridized carbons (Fsp3) is 0.576. The van der Waals surface area contributed by atoms with Crippen LogP contribution in [-0.4, -0.2) is 36.6 Å². The minimum Gasteiger partial charge on any atom is -0.392 e. The van der Waals surface area contributed by atoms with Crippen LogP contribution in [0.1, 0.15) is 58.6 Å². The van der Waals surface area contributed by atoms with Crippen LogP contribution in [0.25, 0.3) is 0 Å². The second-order valence-corrected chi connectivity index (χ2v) is 13.3. The molecule has 3 aliphatic rings. The molecule has 0 spiro atoms. The summed E-state index contributed by atoms with van der Waals surface area (Å²) in [5.74, 6) is 2.73. The van der Waals surface area contributed by atoms with Crippen molar-refractivity contribution in [2.45, 2.75) is 78.4 Å². The number of allylic oxidation sites excluding steroid dienone is 1. The number of rotatable bonds is 12. The molecule has 0 bridgehead atoms. The lowest BCUT2D eigenvalue weighted by Gasteiger charge is -2.40. The average molecular weight is 503 g/mol. The molecule has 4 rings (SSSR count). The summed E-state index contributed by atoms with van der Waals surface area (Å²) in [6.45, 7) is 30.3. The van der Waals surface area contributed by atoms with Gasteiger partial charge in [0, 0.05) is 31.0 Å². The van der Waals surface area contributed by atoms with Crippen LogP contribution in [-0.2, 0) is 12.8 Å². The van der Waals surface area contributed by atoms with Crippen molar-refractivity contribution in [3.05, 3.63) is 85.0 Å². The van der Waals surface area contributed by atoms with Crippen LogP contribution in [0.15, 0.2) is 73.9 Å². The van der Waals surface area contributed by atoms with Gasteiger partial charge in [0.1, 0.15) is 0 Å². The summed E-state index contributed by atoms with van der Waals surface area (Å²) in [7, 11) is 1.94. The van der Waals surface area contributed by atoms with Gasteiger partial charge in [0.2, 0.25) is 0 Å². The molecule has 0 radical (unpaired) electrons. The van der Waals surface area contributed by atoms with Gasteiger partial charge in [0.25, 0.3) is 0 Å². The molecule has 2 aliphatic carbocycles. The Morgan fingerprint density at radius 3 is 2.27 bits per heavy atom. The molecule has 1 aromatic carbocycles. The fourth-order valence-corrected chi connectivity index (χ4v) is 7.01. The Labute approximate surface area is 226 Å². The van der Waals surface area contributed by atoms with E-state index in [1.165, 1.54) is 16.8 Å². The van der Waals surface area contributed by atoms with Crippen LogP contribution in [0.5, 0.6) is 0 Å². The van der Waals surface area contributed by atoms with E-state index < -0.39 is 0 Å². The first kappa shape index (κ1) is 27.4. The van der Waals surface area contributed by atoms with E-state index in [1.54, 1.807) is 0 Å². The van der Waals surface area contributed by atoms with Gasteiger partial charge < -0.3 is 20.9 Å². The molecule has 1 aliphatic heterocycles. The van der Waals surface area contributed by atoms with Crippen LogP contribution in [0.3, 0.4) is 0 Å². The monoisotopic (exact) mass is 502 g/mol. The standard InChI is InChI=1S/C33H50N4/c1-11-28-30-27(33(30,8)9)20-37(28)22(3)31(26-18-24-14-12-13-15-25(24)19-26)36-23(4)35-29(32(5,6)7)17-16-21(2)34-10/h11-15,26-31,34-36H,1-4,16-20H2,5-10H3/t27-,28?,29?,30-,31?/m0/s1. The summed E-state index contributed by atoms with van der Waals surface area (Å²) in [5.41, 5.74) is 5.68. The molecular formula is C33H50N4. The first-order chi connectivity index (χ1) is 17.4. The number of benzene rings is 1. The maximum Gasteiger partial charge on any atom is 0.0920 e. The Balaban J connectivity index is 1.52. The molecule has 5 atom stereocenters. The normalized spacial score (nSPS) is 25.5. The van der Waals surface area contributed by atoms with Gasteiger partial charge in [-0.15, -0.1) is 6.58 Å². The van der Waals surface area contributed by atoms with Crippen molar-refractivity contribution >= 4 is 0 Å². The quantitative estimate of drug-likeness (QED) is 0.306. The summed E-state index contributed by atoms with van der Waals surface area (Å²) < 4.78 is 0. The van der Waals surface area contributed by atoms with E-state index in [4.69, 9.17) is 6.58 Å². The van der Waals surface area contributed by atoms with Crippen LogP contribution in [0.2, 0.25) is 0 Å². The molecule has 37 heavy (non-hydrogen) atoms. The van der Waals surface area contributed by atoms with Gasteiger partial charge in [-0.05, 0) is 65.4 Å². The Hall–Kier alpha value is -2.62. The number of hydrogen-bond acceptors (Lipinski definition) is 4. The predicted molar refractivity (Wildman–Crippen MR) is 158 cm³/mol. The minimum absolute atomic E-state index is 0.0878. The number of nitrogens with one attached hydrogen (secondary N) is 3. The molecule has 4 nitrogen and oxygen atoms in total. The van der Waals surface area contributed by atoms with Crippen molar-refractivity contribution < 1.29 is 0 Å². The Bertz CT molecular complexity index is 1020. The predicted octanol–water partition coefficient (Wildman–Crippen LogP) is 6.00. The van der Waals surface area contributed by atoms with Gasteiger partial charge in [-0.25, -0.2) is 0 Å². The Morgan fingerprint density at radius 2 is 1.73 bits per heavy atom. The molecule has 1 saturated heterocycles. The highest BCUT2D eigenvalue weighted by atomic mass is 15.3. The largest absolute Gasteiger partial charge is 0.392 e. The van der Waals surface area contributed by atoms with Crippen molar-refractivity contribution in [2.24, 2.45) is 28.6 Å². The Morgan fingerprint density at radius 1 is 1.11 bits per heavy atom. The SMILES string of the molecule is C=CC1[C@@H]2[C@H](CN1C(=C)C(NC(=C)NC(CCC(=C)NC)C(C)(C)C)C1Cc3ccccc3C1)C2(C)C. The van der Waals surface area contributed by atoms with E-state index in [0.29, 0.717) is 23.3 Å². The number of nitrogens with zero attached hydrogens (tertiary/aromatic N) is 1. The fourth-order valence-electron chi connectivity index (χ4n) is 7.01. The smallest absolute Gasteiger partial charge is 0.0920 e. The van der Waals surface area contributed by atoms with E-state index in [2.05, 4.69) is 106 Å². The third kappa shape index (κ3) is 5.49. The van der Waals surface area contributed by atoms with E-state index in [1.807, 2.05) is 7.05 Å². The van der Waals surface area contributed by atoms with Crippen molar-refractivity contribution in [3.63, 3.8) is 0 Å². The second kappa shape index (κ2) is 10.3. The average Bonchev–Trinajstić information content (AvgIpc) is 3.21. The molecule has 1 saturated carbocycles. The summed E-state index contributed by atoms with van der Waals surface area (Å²) >= 11 is 0. The molecule has 2 fully saturated rings. The van der Waals surface area contributed by atoms with Crippen LogP contribution in [0.4, 0.5) is 0 Å². The van der Waals surface area contributed by atoms with Crippen molar-refractivity contribution in [1.82, 2.24) is 20.9 Å². The summed E-state index contributed by atoms with van der Waals surface area (Å²) in [6.07, 6.45) is 6.21. The molecule has 202 valence electrons. The van der Waals surface area contributed by atoms with Gasteiger partial charge in [-0.2, -0.15) is 0 Å². The molecule has 4 heteroatoms. The highest BCUT2D eigenvalue weighted by Crippen LogP contribution is 2.65. The zero-order valence-electron chi connectivity index (χ0n) is 24.2. The van der Waals surface area contributed by atoms with Gasteiger partial charge >= 0.3 is 0 Å². The number of likely N-dealkylation sites (tertiary alicyclic amines) is 1. The topological polar surface area (TPSA) is 39.3 Å². The van der Waals surface area contributed by atoms with Crippen molar-refractivity contribution in [2.75, 3.05) is 13.6 Å². The Kier molecular flexibility index (Phi) is 7.61. The van der Waals surface area contributed by atoms with Gasteiger partial charge in [0.05, 0.1) is 17.9 Å². The third-order valence-electron chi connectivity index (χ3n) is 9.60. The van der Waals surface area contributed by atoms with Crippen LogP contribution < -0.4 is 16.0 Å². The van der Waals surface area contributed by atoms with Gasteiger partial charge in [-0.3, -0.25) is 0 Å². The minimum atomic E-state index is 0.0878. The molecular weight excluding hydrogens is 452 g/mol. The molecule has 1 heterocycles. The van der Waals surface area contributed by atoms with Crippen molar-refractivity contribution in [3.8, 4) is 0 Å². The van der Waals surface area contributed by atoms with E-state index >= 15 is 0 Å². The first-order valence-electron chi connectivity index (χ1n) is 14.1. The maximum atomic E-state index is 4.72. The molecule has 3 N–H and O–H groups in total. The summed E-state index contributed by atoms with van der Waals surface area (Å²) in [4.78, 5) is 2.54. The maximum absolute atomic E-state index is 4.72. The van der Waals surface area contributed by atoms with E-state index in [-0.39, 0.29) is 17.5 Å². The molecule has 0 amide bonds. The second-order valence-electron chi connectivity index (χ2n) is 13.3. The number of piperidine rings is 1. The lowest BCUT2D eigenvalue weighted by Crippen LogP contribution is -2.50. The van der Waals surface area contributed by atoms with Crippen LogP contribution in [0, 0.1) is 28.6 Å². The molecule has 1 aromatic rings.